The van der Waals surface area contributed by atoms with Gasteiger partial charge in [-0.05, 0) is 82.7 Å². The Hall–Kier alpha value is -0.380. The number of hydrogen-bond acceptors (Lipinski definition) is 3. The second kappa shape index (κ2) is 6.69. The van der Waals surface area contributed by atoms with Gasteiger partial charge in [-0.2, -0.15) is 0 Å². The number of piperidine rings is 1. The molecule has 0 spiro atoms. The van der Waals surface area contributed by atoms with E-state index in [-0.39, 0.29) is 0 Å². The number of aryl methyl sites for hydroxylation is 1. The lowest BCUT2D eigenvalue weighted by Crippen LogP contribution is -2.36. The van der Waals surface area contributed by atoms with Crippen molar-refractivity contribution in [3.63, 3.8) is 0 Å². The monoisotopic (exact) mass is 266 g/mol. The molecule has 1 N–H and O–H groups in total. The number of nitrogens with zero attached hydrogens (tertiary/aromatic N) is 1. The number of hydrogen-bond donors (Lipinski definition) is 1. The van der Waals surface area contributed by atoms with E-state index >= 15 is 0 Å². The summed E-state index contributed by atoms with van der Waals surface area (Å²) in [5.74, 6) is 0.935. The van der Waals surface area contributed by atoms with Crippen molar-refractivity contribution in [3.05, 3.63) is 21.9 Å². The van der Waals surface area contributed by atoms with Crippen molar-refractivity contribution in [1.29, 1.82) is 0 Å². The lowest BCUT2D eigenvalue weighted by atomic mass is 9.92. The van der Waals surface area contributed by atoms with Gasteiger partial charge < -0.3 is 5.32 Å². The fourth-order valence-corrected chi connectivity index (χ4v) is 3.97. The van der Waals surface area contributed by atoms with Gasteiger partial charge in [-0.15, -0.1) is 11.3 Å². The summed E-state index contributed by atoms with van der Waals surface area (Å²) >= 11 is 1.91. The minimum Gasteiger partial charge on any atom is -0.320 e. The van der Waals surface area contributed by atoms with Crippen molar-refractivity contribution in [1.82, 2.24) is 10.2 Å². The molecule has 0 aromatic carbocycles. The zero-order chi connectivity index (χ0) is 13.0. The molecule has 2 rings (SSSR count). The molecule has 1 fully saturated rings. The van der Waals surface area contributed by atoms with Gasteiger partial charge in [0, 0.05) is 10.9 Å². The zero-order valence-electron chi connectivity index (χ0n) is 11.9. The Morgan fingerprint density at radius 2 is 2.17 bits per heavy atom. The molecule has 2 heterocycles. The first-order chi connectivity index (χ1) is 8.72. The van der Waals surface area contributed by atoms with E-state index < -0.39 is 0 Å². The molecule has 18 heavy (non-hydrogen) atoms. The first-order valence-corrected chi connectivity index (χ1v) is 8.03. The summed E-state index contributed by atoms with van der Waals surface area (Å²) in [4.78, 5) is 4.22. The largest absolute Gasteiger partial charge is 0.320 e. The third-order valence-corrected chi connectivity index (χ3v) is 5.47. The van der Waals surface area contributed by atoms with Crippen LogP contribution in [-0.2, 0) is 0 Å². The molecule has 1 aliphatic rings. The Balaban J connectivity index is 1.84. The van der Waals surface area contributed by atoms with Crippen LogP contribution in [0.5, 0.6) is 0 Å². The summed E-state index contributed by atoms with van der Waals surface area (Å²) in [6, 6.07) is 2.85. The molecule has 0 radical (unpaired) electrons. The van der Waals surface area contributed by atoms with E-state index in [1.54, 1.807) is 4.88 Å². The number of likely N-dealkylation sites (tertiary alicyclic amines) is 1. The molecule has 1 atom stereocenters. The molecule has 0 saturated carbocycles. The highest BCUT2D eigenvalue weighted by Crippen LogP contribution is 2.32. The smallest absolute Gasteiger partial charge is 0.0415 e. The van der Waals surface area contributed by atoms with Crippen LogP contribution in [0.1, 0.15) is 42.7 Å². The minimum absolute atomic E-state index is 0.607. The molecule has 1 saturated heterocycles. The van der Waals surface area contributed by atoms with Gasteiger partial charge in [0.05, 0.1) is 0 Å². The third-order valence-electron chi connectivity index (χ3n) is 4.28. The van der Waals surface area contributed by atoms with Crippen LogP contribution in [0, 0.1) is 12.8 Å². The van der Waals surface area contributed by atoms with E-state index in [0.29, 0.717) is 6.04 Å². The molecule has 1 aromatic heterocycles. The van der Waals surface area contributed by atoms with Gasteiger partial charge in [0.25, 0.3) is 0 Å². The van der Waals surface area contributed by atoms with E-state index in [2.05, 4.69) is 42.6 Å². The molecule has 102 valence electrons. The van der Waals surface area contributed by atoms with Crippen LogP contribution in [0.4, 0.5) is 0 Å². The summed E-state index contributed by atoms with van der Waals surface area (Å²) < 4.78 is 0. The molecule has 1 aromatic rings. The highest BCUT2D eigenvalue weighted by molar-refractivity contribution is 7.10. The molecule has 3 heteroatoms. The first kappa shape index (κ1) is 14.0. The lowest BCUT2D eigenvalue weighted by molar-refractivity contribution is 0.139. The van der Waals surface area contributed by atoms with Crippen LogP contribution in [0.2, 0.25) is 0 Å². The molecular formula is C15H26N2S. The summed E-state index contributed by atoms with van der Waals surface area (Å²) in [7, 11) is 2.05. The van der Waals surface area contributed by atoms with E-state index in [1.807, 2.05) is 11.3 Å². The second-order valence-electron chi connectivity index (χ2n) is 5.52. The van der Waals surface area contributed by atoms with Crippen LogP contribution in [0.15, 0.2) is 11.4 Å². The van der Waals surface area contributed by atoms with Gasteiger partial charge in [-0.3, -0.25) is 4.90 Å². The fraction of sp³-hybridized carbons (Fsp3) is 0.733. The Morgan fingerprint density at radius 3 is 2.72 bits per heavy atom. The van der Waals surface area contributed by atoms with Gasteiger partial charge in [0.1, 0.15) is 0 Å². The summed E-state index contributed by atoms with van der Waals surface area (Å²) in [6.45, 7) is 8.32. The molecule has 0 bridgehead atoms. The highest BCUT2D eigenvalue weighted by atomic mass is 32.1. The lowest BCUT2D eigenvalue weighted by Gasteiger charge is -2.36. The Kier molecular flexibility index (Phi) is 5.22. The Labute approximate surface area is 115 Å². The molecule has 1 unspecified atom stereocenters. The maximum atomic E-state index is 3.27. The zero-order valence-corrected chi connectivity index (χ0v) is 12.7. The third kappa shape index (κ3) is 3.34. The molecule has 0 aliphatic carbocycles. The number of nitrogens with one attached hydrogen (secondary N) is 1. The number of thiophene rings is 1. The minimum atomic E-state index is 0.607. The summed E-state index contributed by atoms with van der Waals surface area (Å²) in [5, 5.41) is 5.49. The second-order valence-corrected chi connectivity index (χ2v) is 6.46. The standard InChI is InChI=1S/C15H26N2S/c1-12-7-11-18-15(12)13(2)17-9-5-14(6-10-17)4-8-16-3/h7,11,13-14,16H,4-6,8-10H2,1-3H3. The SMILES string of the molecule is CNCCC1CCN(C(C)c2sccc2C)CC1. The Morgan fingerprint density at radius 1 is 1.44 bits per heavy atom. The van der Waals surface area contributed by atoms with Crippen molar-refractivity contribution in [2.75, 3.05) is 26.7 Å². The van der Waals surface area contributed by atoms with Crippen molar-refractivity contribution >= 4 is 11.3 Å². The van der Waals surface area contributed by atoms with E-state index in [0.717, 1.165) is 5.92 Å². The van der Waals surface area contributed by atoms with Gasteiger partial charge >= 0.3 is 0 Å². The highest BCUT2D eigenvalue weighted by Gasteiger charge is 2.24. The molecule has 0 amide bonds. The van der Waals surface area contributed by atoms with Crippen molar-refractivity contribution in [3.8, 4) is 0 Å². The predicted molar refractivity (Wildman–Crippen MR) is 80.3 cm³/mol. The maximum Gasteiger partial charge on any atom is 0.0415 e. The van der Waals surface area contributed by atoms with Crippen molar-refractivity contribution in [2.24, 2.45) is 5.92 Å². The quantitative estimate of drug-likeness (QED) is 0.878. The van der Waals surface area contributed by atoms with Crippen molar-refractivity contribution < 1.29 is 0 Å². The van der Waals surface area contributed by atoms with Gasteiger partial charge in [-0.25, -0.2) is 0 Å². The van der Waals surface area contributed by atoms with Crippen LogP contribution >= 0.6 is 11.3 Å². The molecular weight excluding hydrogens is 240 g/mol. The molecule has 1 aliphatic heterocycles. The number of rotatable bonds is 5. The van der Waals surface area contributed by atoms with E-state index in [1.165, 1.54) is 44.5 Å². The topological polar surface area (TPSA) is 15.3 Å². The van der Waals surface area contributed by atoms with E-state index in [9.17, 15) is 0 Å². The first-order valence-electron chi connectivity index (χ1n) is 7.15. The van der Waals surface area contributed by atoms with Gasteiger partial charge in [0.15, 0.2) is 0 Å². The van der Waals surface area contributed by atoms with Crippen LogP contribution in [0.3, 0.4) is 0 Å². The van der Waals surface area contributed by atoms with Crippen molar-refractivity contribution in [2.45, 2.75) is 39.2 Å². The molecule has 2 nitrogen and oxygen atoms in total. The normalized spacial score (nSPS) is 20.2. The van der Waals surface area contributed by atoms with Crippen LogP contribution in [0.25, 0.3) is 0 Å². The fourth-order valence-electron chi connectivity index (χ4n) is 2.96. The maximum absolute atomic E-state index is 3.27. The van der Waals surface area contributed by atoms with Gasteiger partial charge in [-0.1, -0.05) is 0 Å². The average Bonchev–Trinajstić information content (AvgIpc) is 2.82. The van der Waals surface area contributed by atoms with Crippen LogP contribution in [-0.4, -0.2) is 31.6 Å². The summed E-state index contributed by atoms with van der Waals surface area (Å²) in [5.41, 5.74) is 1.46. The van der Waals surface area contributed by atoms with Gasteiger partial charge in [0.2, 0.25) is 0 Å². The van der Waals surface area contributed by atoms with E-state index in [4.69, 9.17) is 0 Å². The Bertz CT molecular complexity index is 353. The van der Waals surface area contributed by atoms with Crippen LogP contribution < -0.4 is 5.32 Å². The predicted octanol–water partition coefficient (Wildman–Crippen LogP) is 3.44. The summed E-state index contributed by atoms with van der Waals surface area (Å²) in [6.07, 6.45) is 4.09. The average molecular weight is 266 g/mol.